The summed E-state index contributed by atoms with van der Waals surface area (Å²) in [6, 6.07) is 2.97. The number of carboxylic acids is 1. The number of nitrogens with zero attached hydrogens (tertiary/aromatic N) is 4. The number of aromatic carboxylic acids is 1. The number of hydrogen-bond donors (Lipinski definition) is 1. The minimum Gasteiger partial charge on any atom is -0.477 e. The van der Waals surface area contributed by atoms with Gasteiger partial charge in [0, 0.05) is 18.1 Å². The zero-order valence-corrected chi connectivity index (χ0v) is 12.1. The highest BCUT2D eigenvalue weighted by Crippen LogP contribution is 2.36. The number of nitro groups is 1. The largest absolute Gasteiger partial charge is 0.477 e. The zero-order chi connectivity index (χ0) is 15.6. The molecule has 0 fully saturated rings. The Labute approximate surface area is 124 Å². The van der Waals surface area contributed by atoms with Gasteiger partial charge in [0.1, 0.15) is 11.4 Å². The Morgan fingerprint density at radius 3 is 2.86 bits per heavy atom. The Morgan fingerprint density at radius 1 is 1.57 bits per heavy atom. The number of carbonyl (C=O) groups is 1. The summed E-state index contributed by atoms with van der Waals surface area (Å²) in [7, 11) is 1.62. The molecule has 8 nitrogen and oxygen atoms in total. The quantitative estimate of drug-likeness (QED) is 0.665. The fourth-order valence-corrected chi connectivity index (χ4v) is 2.77. The molecule has 2 aromatic heterocycles. The molecule has 21 heavy (non-hydrogen) atoms. The molecule has 0 radical (unpaired) electrons. The standard InChI is InChI=1S/C12H12N4O4S/c1-3-8-10(16(19)20)11(15(2)14-8)21-7-4-5-13-9(6-7)12(17)18/h4-6H,3H2,1-2H3,(H,17,18). The van der Waals surface area contributed by atoms with E-state index in [0.29, 0.717) is 22.0 Å². The van der Waals surface area contributed by atoms with Crippen molar-refractivity contribution in [1.29, 1.82) is 0 Å². The number of rotatable bonds is 5. The van der Waals surface area contributed by atoms with Gasteiger partial charge >= 0.3 is 11.7 Å². The Morgan fingerprint density at radius 2 is 2.29 bits per heavy atom. The maximum absolute atomic E-state index is 11.2. The molecule has 0 saturated heterocycles. The van der Waals surface area contributed by atoms with E-state index in [0.717, 1.165) is 11.8 Å². The summed E-state index contributed by atoms with van der Waals surface area (Å²) in [6.07, 6.45) is 1.80. The third-order valence-electron chi connectivity index (χ3n) is 2.72. The minimum absolute atomic E-state index is 0.0429. The van der Waals surface area contributed by atoms with Gasteiger partial charge in [0.2, 0.25) is 0 Å². The van der Waals surface area contributed by atoms with Crippen molar-refractivity contribution in [3.8, 4) is 0 Å². The first kappa shape index (κ1) is 15.0. The SMILES string of the molecule is CCc1nn(C)c(Sc2ccnc(C(=O)O)c2)c1[N+](=O)[O-]. The topological polar surface area (TPSA) is 111 Å². The van der Waals surface area contributed by atoms with Gasteiger partial charge in [-0.05, 0) is 18.6 Å². The van der Waals surface area contributed by atoms with Crippen LogP contribution >= 0.6 is 11.8 Å². The van der Waals surface area contributed by atoms with Crippen LogP contribution in [0, 0.1) is 10.1 Å². The molecule has 2 heterocycles. The first-order chi connectivity index (χ1) is 9.93. The van der Waals surface area contributed by atoms with Crippen molar-refractivity contribution >= 4 is 23.4 Å². The molecule has 0 aromatic carbocycles. The Hall–Kier alpha value is -2.42. The summed E-state index contributed by atoms with van der Waals surface area (Å²) in [5.74, 6) is -1.15. The van der Waals surface area contributed by atoms with Crippen molar-refractivity contribution in [3.05, 3.63) is 39.8 Å². The number of carboxylic acid groups (broad SMARTS) is 1. The van der Waals surface area contributed by atoms with Crippen LogP contribution in [0.2, 0.25) is 0 Å². The van der Waals surface area contributed by atoms with E-state index in [1.807, 2.05) is 0 Å². The molecule has 2 aromatic rings. The van der Waals surface area contributed by atoms with Crippen LogP contribution in [0.15, 0.2) is 28.3 Å². The summed E-state index contributed by atoms with van der Waals surface area (Å²) in [6.45, 7) is 1.79. The summed E-state index contributed by atoms with van der Waals surface area (Å²) in [4.78, 5) is 25.9. The van der Waals surface area contributed by atoms with Crippen molar-refractivity contribution in [2.45, 2.75) is 23.3 Å². The van der Waals surface area contributed by atoms with E-state index in [1.165, 1.54) is 16.9 Å². The van der Waals surface area contributed by atoms with Crippen LogP contribution in [0.25, 0.3) is 0 Å². The van der Waals surface area contributed by atoms with Crippen LogP contribution < -0.4 is 0 Å². The van der Waals surface area contributed by atoms with E-state index in [4.69, 9.17) is 5.11 Å². The molecule has 2 rings (SSSR count). The molecule has 0 aliphatic carbocycles. The lowest BCUT2D eigenvalue weighted by Crippen LogP contribution is -2.00. The Balaban J connectivity index is 2.44. The summed E-state index contributed by atoms with van der Waals surface area (Å²) >= 11 is 1.09. The summed E-state index contributed by atoms with van der Waals surface area (Å²) in [5.41, 5.74) is 0.247. The molecule has 0 spiro atoms. The van der Waals surface area contributed by atoms with Gasteiger partial charge in [0.05, 0.1) is 4.92 Å². The monoisotopic (exact) mass is 308 g/mol. The second-order valence-corrected chi connectivity index (χ2v) is 5.18. The van der Waals surface area contributed by atoms with E-state index in [2.05, 4.69) is 10.1 Å². The van der Waals surface area contributed by atoms with Gasteiger partial charge in [-0.15, -0.1) is 0 Å². The van der Waals surface area contributed by atoms with Crippen LogP contribution in [0.4, 0.5) is 5.69 Å². The van der Waals surface area contributed by atoms with E-state index in [9.17, 15) is 14.9 Å². The number of pyridine rings is 1. The second-order valence-electron chi connectivity index (χ2n) is 4.12. The molecule has 0 bridgehead atoms. The molecule has 0 aliphatic heterocycles. The Bertz CT molecular complexity index is 713. The zero-order valence-electron chi connectivity index (χ0n) is 11.3. The second kappa shape index (κ2) is 5.92. The molecule has 0 amide bonds. The molecule has 0 aliphatic rings. The highest BCUT2D eigenvalue weighted by Gasteiger charge is 2.26. The van der Waals surface area contributed by atoms with Crippen LogP contribution in [0.3, 0.4) is 0 Å². The van der Waals surface area contributed by atoms with Crippen LogP contribution in [0.1, 0.15) is 23.1 Å². The smallest absolute Gasteiger partial charge is 0.354 e. The maximum atomic E-state index is 11.2. The number of hydrogen-bond acceptors (Lipinski definition) is 6. The summed E-state index contributed by atoms with van der Waals surface area (Å²) in [5, 5.41) is 24.6. The lowest BCUT2D eigenvalue weighted by Gasteiger charge is -2.02. The predicted molar refractivity (Wildman–Crippen MR) is 74.6 cm³/mol. The molecular formula is C12H12N4O4S. The highest BCUT2D eigenvalue weighted by atomic mass is 32.2. The highest BCUT2D eigenvalue weighted by molar-refractivity contribution is 7.99. The Kier molecular flexibility index (Phi) is 4.22. The first-order valence-electron chi connectivity index (χ1n) is 6.01. The van der Waals surface area contributed by atoms with Crippen molar-refractivity contribution in [1.82, 2.24) is 14.8 Å². The lowest BCUT2D eigenvalue weighted by atomic mass is 10.3. The average Bonchev–Trinajstić information content (AvgIpc) is 2.75. The third-order valence-corrected chi connectivity index (χ3v) is 3.86. The van der Waals surface area contributed by atoms with Crippen molar-refractivity contribution in [3.63, 3.8) is 0 Å². The predicted octanol–water partition coefficient (Wildman–Crippen LogP) is 2.14. The van der Waals surface area contributed by atoms with Gasteiger partial charge in [-0.25, -0.2) is 9.78 Å². The van der Waals surface area contributed by atoms with Gasteiger partial charge in [0.25, 0.3) is 0 Å². The van der Waals surface area contributed by atoms with E-state index in [-0.39, 0.29) is 11.4 Å². The fourth-order valence-electron chi connectivity index (χ4n) is 1.79. The average molecular weight is 308 g/mol. The van der Waals surface area contributed by atoms with Crippen LogP contribution in [0.5, 0.6) is 0 Å². The number of aryl methyl sites for hydroxylation is 2. The van der Waals surface area contributed by atoms with E-state index in [1.54, 1.807) is 20.0 Å². The molecular weight excluding hydrogens is 296 g/mol. The first-order valence-corrected chi connectivity index (χ1v) is 6.83. The van der Waals surface area contributed by atoms with E-state index >= 15 is 0 Å². The van der Waals surface area contributed by atoms with E-state index < -0.39 is 10.9 Å². The molecule has 110 valence electrons. The molecule has 0 saturated carbocycles. The van der Waals surface area contributed by atoms with Crippen molar-refractivity contribution < 1.29 is 14.8 Å². The van der Waals surface area contributed by atoms with Crippen molar-refractivity contribution in [2.24, 2.45) is 7.05 Å². The van der Waals surface area contributed by atoms with Gasteiger partial charge in [-0.3, -0.25) is 14.8 Å². The van der Waals surface area contributed by atoms with Gasteiger partial charge in [-0.1, -0.05) is 18.7 Å². The molecule has 1 N–H and O–H groups in total. The molecule has 0 unspecified atom stereocenters. The number of aromatic nitrogens is 3. The molecule has 0 atom stereocenters. The third kappa shape index (κ3) is 3.02. The lowest BCUT2D eigenvalue weighted by molar-refractivity contribution is -0.388. The normalized spacial score (nSPS) is 10.6. The van der Waals surface area contributed by atoms with Gasteiger partial charge in [0.15, 0.2) is 5.03 Å². The van der Waals surface area contributed by atoms with Crippen molar-refractivity contribution in [2.75, 3.05) is 0 Å². The fraction of sp³-hybridized carbons (Fsp3) is 0.250. The van der Waals surface area contributed by atoms with Gasteiger partial charge in [-0.2, -0.15) is 5.10 Å². The molecule has 9 heteroatoms. The summed E-state index contributed by atoms with van der Waals surface area (Å²) < 4.78 is 1.43. The van der Waals surface area contributed by atoms with Crippen LogP contribution in [-0.4, -0.2) is 30.8 Å². The van der Waals surface area contributed by atoms with Gasteiger partial charge < -0.3 is 5.11 Å². The van der Waals surface area contributed by atoms with Crippen LogP contribution in [-0.2, 0) is 13.5 Å². The minimum atomic E-state index is -1.15. The maximum Gasteiger partial charge on any atom is 0.354 e.